The van der Waals surface area contributed by atoms with Crippen LogP contribution in [-0.2, 0) is 0 Å². The van der Waals surface area contributed by atoms with Crippen molar-refractivity contribution in [1.29, 1.82) is 0 Å². The third-order valence-electron chi connectivity index (χ3n) is 0.755. The lowest BCUT2D eigenvalue weighted by molar-refractivity contribution is 0.0288. The third-order valence-corrected chi connectivity index (χ3v) is 0.755. The standard InChI is InChI=1S/C3H6N2O2.ClH/c6-2-3(7)5-1-4-2;/h1-3,6-7H,(H,4,5);1H. The summed E-state index contributed by atoms with van der Waals surface area (Å²) < 4.78 is 0. The van der Waals surface area contributed by atoms with Gasteiger partial charge in [-0.05, 0) is 0 Å². The molecule has 5 heteroatoms. The molecule has 3 N–H and O–H groups in total. The Morgan fingerprint density at radius 3 is 2.25 bits per heavy atom. The first kappa shape index (κ1) is 7.68. The molecule has 8 heavy (non-hydrogen) atoms. The number of halogens is 1. The largest absolute Gasteiger partial charge is 0.369 e. The molecule has 0 aliphatic carbocycles. The van der Waals surface area contributed by atoms with Gasteiger partial charge in [0.05, 0.1) is 6.34 Å². The second-order valence-electron chi connectivity index (χ2n) is 1.30. The quantitative estimate of drug-likeness (QED) is 0.389. The summed E-state index contributed by atoms with van der Waals surface area (Å²) in [5.41, 5.74) is 0. The Labute approximate surface area is 52.7 Å². The van der Waals surface area contributed by atoms with Crippen LogP contribution in [0.15, 0.2) is 4.99 Å². The zero-order valence-corrected chi connectivity index (χ0v) is 4.80. The average Bonchev–Trinajstić information content (AvgIpc) is 1.91. The predicted octanol–water partition coefficient (Wildman–Crippen LogP) is -1.32. The minimum atomic E-state index is -0.972. The summed E-state index contributed by atoms with van der Waals surface area (Å²) in [5.74, 6) is 0. The highest BCUT2D eigenvalue weighted by atomic mass is 35.5. The van der Waals surface area contributed by atoms with Crippen molar-refractivity contribution in [3.05, 3.63) is 0 Å². The summed E-state index contributed by atoms with van der Waals surface area (Å²) in [6.45, 7) is 0. The molecular weight excluding hydrogens is 131 g/mol. The number of hydrogen-bond acceptors (Lipinski definition) is 4. The highest BCUT2D eigenvalue weighted by molar-refractivity contribution is 5.85. The van der Waals surface area contributed by atoms with Crippen molar-refractivity contribution >= 4 is 18.7 Å². The first-order valence-corrected chi connectivity index (χ1v) is 1.94. The van der Waals surface area contributed by atoms with Gasteiger partial charge >= 0.3 is 0 Å². The van der Waals surface area contributed by atoms with Gasteiger partial charge in [-0.15, -0.1) is 12.4 Å². The Morgan fingerprint density at radius 2 is 2.12 bits per heavy atom. The fourth-order valence-corrected chi connectivity index (χ4v) is 0.363. The zero-order chi connectivity index (χ0) is 5.28. The fourth-order valence-electron chi connectivity index (χ4n) is 0.363. The van der Waals surface area contributed by atoms with E-state index in [1.165, 1.54) is 6.34 Å². The third kappa shape index (κ3) is 1.33. The van der Waals surface area contributed by atoms with Gasteiger partial charge in [0.2, 0.25) is 0 Å². The molecule has 0 aromatic carbocycles. The number of rotatable bonds is 0. The summed E-state index contributed by atoms with van der Waals surface area (Å²) >= 11 is 0. The lowest BCUT2D eigenvalue weighted by atomic mass is 10.5. The van der Waals surface area contributed by atoms with Gasteiger partial charge in [-0.3, -0.25) is 0 Å². The van der Waals surface area contributed by atoms with E-state index in [0.717, 1.165) is 0 Å². The Balaban J connectivity index is 0.000000490. The number of aliphatic hydroxyl groups is 2. The molecular formula is C3H7ClN2O2. The smallest absolute Gasteiger partial charge is 0.191 e. The molecule has 0 saturated heterocycles. The van der Waals surface area contributed by atoms with Gasteiger partial charge in [0.25, 0.3) is 0 Å². The van der Waals surface area contributed by atoms with Gasteiger partial charge in [-0.25, -0.2) is 4.99 Å². The molecule has 0 fully saturated rings. The van der Waals surface area contributed by atoms with E-state index in [4.69, 9.17) is 10.2 Å². The van der Waals surface area contributed by atoms with Crippen LogP contribution in [-0.4, -0.2) is 29.0 Å². The summed E-state index contributed by atoms with van der Waals surface area (Å²) in [5, 5.41) is 19.4. The monoisotopic (exact) mass is 138 g/mol. The lowest BCUT2D eigenvalue weighted by Crippen LogP contribution is -2.30. The average molecular weight is 139 g/mol. The topological polar surface area (TPSA) is 64.9 Å². The molecule has 0 aromatic rings. The van der Waals surface area contributed by atoms with Crippen LogP contribution in [0, 0.1) is 0 Å². The maximum absolute atomic E-state index is 8.51. The van der Waals surface area contributed by atoms with Crippen molar-refractivity contribution in [1.82, 2.24) is 5.32 Å². The van der Waals surface area contributed by atoms with Crippen molar-refractivity contribution in [2.45, 2.75) is 12.5 Å². The van der Waals surface area contributed by atoms with Crippen molar-refractivity contribution in [2.75, 3.05) is 0 Å². The predicted molar refractivity (Wildman–Crippen MR) is 30.9 cm³/mol. The van der Waals surface area contributed by atoms with Crippen molar-refractivity contribution < 1.29 is 10.2 Å². The molecule has 0 spiro atoms. The van der Waals surface area contributed by atoms with Gasteiger partial charge in [0.15, 0.2) is 12.5 Å². The summed E-state index contributed by atoms with van der Waals surface area (Å²) in [7, 11) is 0. The summed E-state index contributed by atoms with van der Waals surface area (Å²) in [6, 6.07) is 0. The molecule has 2 unspecified atom stereocenters. The van der Waals surface area contributed by atoms with E-state index in [2.05, 4.69) is 10.3 Å². The van der Waals surface area contributed by atoms with Crippen LogP contribution in [0.5, 0.6) is 0 Å². The molecule has 0 saturated carbocycles. The summed E-state index contributed by atoms with van der Waals surface area (Å²) in [6.07, 6.45) is -0.602. The van der Waals surface area contributed by atoms with Crippen LogP contribution < -0.4 is 5.32 Å². The molecule has 0 bridgehead atoms. The Kier molecular flexibility index (Phi) is 2.75. The molecule has 0 aromatic heterocycles. The van der Waals surface area contributed by atoms with Crippen LogP contribution in [0.3, 0.4) is 0 Å². The van der Waals surface area contributed by atoms with Crippen LogP contribution in [0.1, 0.15) is 0 Å². The number of nitrogens with one attached hydrogen (secondary N) is 1. The Bertz CT molecular complexity index is 97.3. The maximum Gasteiger partial charge on any atom is 0.191 e. The molecule has 1 heterocycles. The molecule has 0 radical (unpaired) electrons. The van der Waals surface area contributed by atoms with Crippen LogP contribution in [0.4, 0.5) is 0 Å². The van der Waals surface area contributed by atoms with Crippen molar-refractivity contribution in [3.8, 4) is 0 Å². The zero-order valence-electron chi connectivity index (χ0n) is 3.98. The molecule has 48 valence electrons. The Hall–Kier alpha value is -0.320. The highest BCUT2D eigenvalue weighted by Gasteiger charge is 2.16. The van der Waals surface area contributed by atoms with Crippen LogP contribution >= 0.6 is 12.4 Å². The van der Waals surface area contributed by atoms with Crippen molar-refractivity contribution in [2.24, 2.45) is 4.99 Å². The lowest BCUT2D eigenvalue weighted by Gasteiger charge is -2.02. The van der Waals surface area contributed by atoms with E-state index in [0.29, 0.717) is 0 Å². The molecule has 1 aliphatic heterocycles. The maximum atomic E-state index is 8.51. The minimum absolute atomic E-state index is 0. The summed E-state index contributed by atoms with van der Waals surface area (Å²) in [4.78, 5) is 3.39. The van der Waals surface area contributed by atoms with Gasteiger partial charge in [0.1, 0.15) is 0 Å². The van der Waals surface area contributed by atoms with E-state index >= 15 is 0 Å². The second-order valence-corrected chi connectivity index (χ2v) is 1.30. The van der Waals surface area contributed by atoms with E-state index in [1.54, 1.807) is 0 Å². The minimum Gasteiger partial charge on any atom is -0.369 e. The van der Waals surface area contributed by atoms with Crippen LogP contribution in [0.25, 0.3) is 0 Å². The first-order valence-electron chi connectivity index (χ1n) is 1.94. The van der Waals surface area contributed by atoms with Gasteiger partial charge in [0, 0.05) is 0 Å². The molecule has 1 aliphatic rings. The number of hydrogen-bond donors (Lipinski definition) is 3. The SMILES string of the molecule is Cl.OC1N=CNC1O. The molecule has 0 amide bonds. The molecule has 1 rings (SSSR count). The molecule has 4 nitrogen and oxygen atoms in total. The fraction of sp³-hybridized carbons (Fsp3) is 0.667. The van der Waals surface area contributed by atoms with Crippen molar-refractivity contribution in [3.63, 3.8) is 0 Å². The van der Waals surface area contributed by atoms with Gasteiger partial charge in [-0.2, -0.15) is 0 Å². The van der Waals surface area contributed by atoms with Gasteiger partial charge < -0.3 is 15.5 Å². The van der Waals surface area contributed by atoms with E-state index in [1.807, 2.05) is 0 Å². The normalized spacial score (nSPS) is 33.8. The van der Waals surface area contributed by atoms with E-state index < -0.39 is 12.5 Å². The Morgan fingerprint density at radius 1 is 1.50 bits per heavy atom. The number of aliphatic imine (C=N–C) groups is 1. The van der Waals surface area contributed by atoms with E-state index in [-0.39, 0.29) is 12.4 Å². The van der Waals surface area contributed by atoms with E-state index in [9.17, 15) is 0 Å². The molecule has 2 atom stereocenters. The number of nitrogens with zero attached hydrogens (tertiary/aromatic N) is 1. The highest BCUT2D eigenvalue weighted by Crippen LogP contribution is 1.93. The first-order chi connectivity index (χ1) is 3.30. The number of aliphatic hydroxyl groups excluding tert-OH is 2. The second kappa shape index (κ2) is 2.86. The van der Waals surface area contributed by atoms with Gasteiger partial charge in [-0.1, -0.05) is 0 Å². The van der Waals surface area contributed by atoms with Crippen LogP contribution in [0.2, 0.25) is 0 Å².